The van der Waals surface area contributed by atoms with Crippen LogP contribution in [0.3, 0.4) is 0 Å². The van der Waals surface area contributed by atoms with E-state index in [1.165, 1.54) is 0 Å². The molecule has 100 valence electrons. The van der Waals surface area contributed by atoms with Gasteiger partial charge >= 0.3 is 0 Å². The Morgan fingerprint density at radius 2 is 1.68 bits per heavy atom. The molecule has 3 heteroatoms. The van der Waals surface area contributed by atoms with Gasteiger partial charge < -0.3 is 14.6 Å². The lowest BCUT2D eigenvalue weighted by atomic mass is 10.2. The first-order valence-corrected chi connectivity index (χ1v) is 6.30. The Morgan fingerprint density at radius 1 is 1.00 bits per heavy atom. The lowest BCUT2D eigenvalue weighted by Crippen LogP contribution is -2.28. The summed E-state index contributed by atoms with van der Waals surface area (Å²) in [5, 5.41) is 9.33. The van der Waals surface area contributed by atoms with Crippen LogP contribution in [0.15, 0.2) is 54.6 Å². The zero-order valence-corrected chi connectivity index (χ0v) is 11.0. The molecule has 0 amide bonds. The standard InChI is InChI=1S/C16H18O3/c1-13-7-5-6-10-16(13)18-12-15(11-17)19-14-8-3-2-4-9-14/h2-10,15,17H,11-12H2,1H3. The average molecular weight is 258 g/mol. The van der Waals surface area contributed by atoms with Gasteiger partial charge in [-0.2, -0.15) is 0 Å². The Morgan fingerprint density at radius 3 is 2.37 bits per heavy atom. The molecule has 1 unspecified atom stereocenters. The number of ether oxygens (including phenoxy) is 2. The minimum Gasteiger partial charge on any atom is -0.489 e. The molecule has 0 aliphatic carbocycles. The summed E-state index contributed by atoms with van der Waals surface area (Å²) in [6.07, 6.45) is -0.373. The first-order valence-electron chi connectivity index (χ1n) is 6.30. The van der Waals surface area contributed by atoms with Gasteiger partial charge in [0, 0.05) is 0 Å². The summed E-state index contributed by atoms with van der Waals surface area (Å²) in [5.41, 5.74) is 1.07. The van der Waals surface area contributed by atoms with Crippen LogP contribution in [-0.2, 0) is 0 Å². The fourth-order valence-electron chi connectivity index (χ4n) is 1.72. The van der Waals surface area contributed by atoms with Gasteiger partial charge in [0.1, 0.15) is 18.1 Å². The highest BCUT2D eigenvalue weighted by Crippen LogP contribution is 2.17. The number of rotatable bonds is 6. The zero-order valence-electron chi connectivity index (χ0n) is 11.0. The van der Waals surface area contributed by atoms with Crippen molar-refractivity contribution in [1.29, 1.82) is 0 Å². The topological polar surface area (TPSA) is 38.7 Å². The van der Waals surface area contributed by atoms with Crippen molar-refractivity contribution in [3.8, 4) is 11.5 Å². The molecule has 3 nitrogen and oxygen atoms in total. The Kier molecular flexibility index (Phi) is 4.81. The summed E-state index contributed by atoms with van der Waals surface area (Å²) in [6.45, 7) is 2.22. The van der Waals surface area contributed by atoms with Crippen LogP contribution in [-0.4, -0.2) is 24.4 Å². The molecule has 1 atom stereocenters. The van der Waals surface area contributed by atoms with E-state index in [0.717, 1.165) is 17.1 Å². The van der Waals surface area contributed by atoms with Gasteiger partial charge in [0.25, 0.3) is 0 Å². The normalized spacial score (nSPS) is 11.9. The fourth-order valence-corrected chi connectivity index (χ4v) is 1.72. The molecule has 0 saturated heterocycles. The Hall–Kier alpha value is -2.00. The number of aliphatic hydroxyl groups excluding tert-OH is 1. The SMILES string of the molecule is Cc1ccccc1OCC(CO)Oc1ccccc1. The minimum atomic E-state index is -0.373. The minimum absolute atomic E-state index is 0.0826. The number of benzene rings is 2. The van der Waals surface area contributed by atoms with Gasteiger partial charge in [0.15, 0.2) is 6.10 Å². The molecule has 2 aromatic carbocycles. The second-order valence-electron chi connectivity index (χ2n) is 4.31. The zero-order chi connectivity index (χ0) is 13.5. The van der Waals surface area contributed by atoms with Gasteiger partial charge in [0.05, 0.1) is 6.61 Å². The Balaban J connectivity index is 1.91. The Labute approximate surface area is 113 Å². The van der Waals surface area contributed by atoms with Gasteiger partial charge in [-0.05, 0) is 30.7 Å². The second kappa shape index (κ2) is 6.81. The highest BCUT2D eigenvalue weighted by atomic mass is 16.5. The van der Waals surface area contributed by atoms with E-state index >= 15 is 0 Å². The van der Waals surface area contributed by atoms with E-state index in [9.17, 15) is 5.11 Å². The summed E-state index contributed by atoms with van der Waals surface area (Å²) < 4.78 is 11.3. The maximum Gasteiger partial charge on any atom is 0.155 e. The van der Waals surface area contributed by atoms with Crippen molar-refractivity contribution in [3.05, 3.63) is 60.2 Å². The largest absolute Gasteiger partial charge is 0.489 e. The maximum absolute atomic E-state index is 9.33. The molecular formula is C16H18O3. The summed E-state index contributed by atoms with van der Waals surface area (Å²) in [7, 11) is 0. The summed E-state index contributed by atoms with van der Waals surface area (Å²) >= 11 is 0. The van der Waals surface area contributed by atoms with Crippen LogP contribution in [0.5, 0.6) is 11.5 Å². The third-order valence-corrected chi connectivity index (χ3v) is 2.77. The third-order valence-electron chi connectivity index (χ3n) is 2.77. The monoisotopic (exact) mass is 258 g/mol. The van der Waals surface area contributed by atoms with Crippen molar-refractivity contribution in [1.82, 2.24) is 0 Å². The molecule has 0 aromatic heterocycles. The van der Waals surface area contributed by atoms with E-state index in [1.807, 2.05) is 61.5 Å². The first-order chi connectivity index (χ1) is 9.29. The second-order valence-corrected chi connectivity index (χ2v) is 4.31. The van der Waals surface area contributed by atoms with Crippen molar-refractivity contribution < 1.29 is 14.6 Å². The Bertz CT molecular complexity index is 496. The molecule has 0 aliphatic heterocycles. The van der Waals surface area contributed by atoms with Gasteiger partial charge in [-0.15, -0.1) is 0 Å². The molecule has 0 bridgehead atoms. The molecule has 0 radical (unpaired) electrons. The highest BCUT2D eigenvalue weighted by Gasteiger charge is 2.11. The van der Waals surface area contributed by atoms with E-state index in [0.29, 0.717) is 6.61 Å². The first kappa shape index (κ1) is 13.4. The van der Waals surface area contributed by atoms with Gasteiger partial charge in [-0.3, -0.25) is 0 Å². The molecule has 2 rings (SSSR count). The molecule has 0 spiro atoms. The maximum atomic E-state index is 9.33. The van der Waals surface area contributed by atoms with Gasteiger partial charge in [-0.1, -0.05) is 36.4 Å². The van der Waals surface area contributed by atoms with Crippen LogP contribution >= 0.6 is 0 Å². The van der Waals surface area contributed by atoms with E-state index < -0.39 is 0 Å². The molecule has 0 saturated carbocycles. The number of hydrogen-bond donors (Lipinski definition) is 1. The van der Waals surface area contributed by atoms with Crippen molar-refractivity contribution in [3.63, 3.8) is 0 Å². The van der Waals surface area contributed by atoms with Crippen LogP contribution in [0, 0.1) is 6.92 Å². The molecule has 2 aromatic rings. The summed E-state index contributed by atoms with van der Waals surface area (Å²) in [5.74, 6) is 1.55. The summed E-state index contributed by atoms with van der Waals surface area (Å²) in [4.78, 5) is 0. The average Bonchev–Trinajstić information content (AvgIpc) is 2.46. The van der Waals surface area contributed by atoms with Crippen molar-refractivity contribution in [2.45, 2.75) is 13.0 Å². The van der Waals surface area contributed by atoms with E-state index in [-0.39, 0.29) is 12.7 Å². The quantitative estimate of drug-likeness (QED) is 0.866. The van der Waals surface area contributed by atoms with Crippen molar-refractivity contribution in [2.24, 2.45) is 0 Å². The summed E-state index contributed by atoms with van der Waals surface area (Å²) in [6, 6.07) is 17.2. The van der Waals surface area contributed by atoms with E-state index in [4.69, 9.17) is 9.47 Å². The number of aryl methyl sites for hydroxylation is 1. The number of para-hydroxylation sites is 2. The third kappa shape index (κ3) is 4.00. The lowest BCUT2D eigenvalue weighted by molar-refractivity contribution is 0.0716. The van der Waals surface area contributed by atoms with E-state index in [2.05, 4.69) is 0 Å². The van der Waals surface area contributed by atoms with Crippen molar-refractivity contribution >= 4 is 0 Å². The number of aliphatic hydroxyl groups is 1. The van der Waals surface area contributed by atoms with Crippen LogP contribution in [0.1, 0.15) is 5.56 Å². The predicted molar refractivity (Wildman–Crippen MR) is 74.6 cm³/mol. The molecule has 0 heterocycles. The van der Waals surface area contributed by atoms with Crippen LogP contribution in [0.2, 0.25) is 0 Å². The van der Waals surface area contributed by atoms with Crippen LogP contribution in [0.4, 0.5) is 0 Å². The molecule has 0 aliphatic rings. The molecule has 1 N–H and O–H groups in total. The predicted octanol–water partition coefficient (Wildman–Crippen LogP) is 2.81. The number of hydrogen-bond acceptors (Lipinski definition) is 3. The lowest BCUT2D eigenvalue weighted by Gasteiger charge is -2.18. The fraction of sp³-hybridized carbons (Fsp3) is 0.250. The molecule has 19 heavy (non-hydrogen) atoms. The van der Waals surface area contributed by atoms with Gasteiger partial charge in [0.2, 0.25) is 0 Å². The molecular weight excluding hydrogens is 240 g/mol. The van der Waals surface area contributed by atoms with Crippen molar-refractivity contribution in [2.75, 3.05) is 13.2 Å². The van der Waals surface area contributed by atoms with E-state index in [1.54, 1.807) is 0 Å². The van der Waals surface area contributed by atoms with Gasteiger partial charge in [-0.25, -0.2) is 0 Å². The van der Waals surface area contributed by atoms with Crippen LogP contribution in [0.25, 0.3) is 0 Å². The molecule has 0 fully saturated rings. The highest BCUT2D eigenvalue weighted by molar-refractivity contribution is 5.31. The smallest absolute Gasteiger partial charge is 0.155 e. The van der Waals surface area contributed by atoms with Crippen LogP contribution < -0.4 is 9.47 Å².